The van der Waals surface area contributed by atoms with E-state index in [1.54, 1.807) is 0 Å². The second-order valence-electron chi connectivity index (χ2n) is 5.08. The van der Waals surface area contributed by atoms with E-state index < -0.39 is 0 Å². The van der Waals surface area contributed by atoms with Gasteiger partial charge in [0.2, 0.25) is 0 Å². The van der Waals surface area contributed by atoms with Gasteiger partial charge in [-0.25, -0.2) is 0 Å². The van der Waals surface area contributed by atoms with Gasteiger partial charge in [-0.1, -0.05) is 35.0 Å². The molecule has 1 saturated carbocycles. The summed E-state index contributed by atoms with van der Waals surface area (Å²) in [6, 6.07) is 8.45. The molecule has 1 nitrogen and oxygen atoms in total. The summed E-state index contributed by atoms with van der Waals surface area (Å²) < 4.78 is 1.12. The van der Waals surface area contributed by atoms with E-state index >= 15 is 0 Å². The number of aliphatic hydroxyl groups excluding tert-OH is 1. The van der Waals surface area contributed by atoms with Crippen molar-refractivity contribution in [3.8, 4) is 0 Å². The molecule has 1 aliphatic carbocycles. The predicted molar refractivity (Wildman–Crippen MR) is 70.4 cm³/mol. The summed E-state index contributed by atoms with van der Waals surface area (Å²) in [5.41, 5.74) is 1.33. The van der Waals surface area contributed by atoms with Crippen molar-refractivity contribution in [1.29, 1.82) is 0 Å². The molecule has 1 aromatic rings. The average Bonchev–Trinajstić information content (AvgIpc) is 2.27. The van der Waals surface area contributed by atoms with Crippen LogP contribution in [-0.2, 0) is 6.42 Å². The highest BCUT2D eigenvalue weighted by molar-refractivity contribution is 9.10. The molecule has 0 amide bonds. The molecule has 1 aromatic carbocycles. The van der Waals surface area contributed by atoms with Crippen molar-refractivity contribution >= 4 is 15.9 Å². The molecule has 1 aliphatic rings. The number of aliphatic hydroxyl groups is 1. The van der Waals surface area contributed by atoms with Crippen LogP contribution in [-0.4, -0.2) is 11.2 Å². The Kier molecular flexibility index (Phi) is 4.04. The van der Waals surface area contributed by atoms with Gasteiger partial charge in [-0.2, -0.15) is 0 Å². The molecule has 0 radical (unpaired) electrons. The fraction of sp³-hybridized carbons (Fsp3) is 0.571. The Labute approximate surface area is 106 Å². The van der Waals surface area contributed by atoms with Crippen LogP contribution in [0.25, 0.3) is 0 Å². The summed E-state index contributed by atoms with van der Waals surface area (Å²) in [5, 5.41) is 9.99. The van der Waals surface area contributed by atoms with Crippen molar-refractivity contribution in [2.45, 2.75) is 38.7 Å². The lowest BCUT2D eigenvalue weighted by Crippen LogP contribution is -2.29. The van der Waals surface area contributed by atoms with E-state index in [9.17, 15) is 5.11 Å². The van der Waals surface area contributed by atoms with Crippen LogP contribution in [0.15, 0.2) is 28.7 Å². The smallest absolute Gasteiger partial charge is 0.0571 e. The summed E-state index contributed by atoms with van der Waals surface area (Å²) in [5.74, 6) is 1.22. The molecule has 88 valence electrons. The van der Waals surface area contributed by atoms with E-state index in [4.69, 9.17) is 0 Å². The van der Waals surface area contributed by atoms with Crippen molar-refractivity contribution in [1.82, 2.24) is 0 Å². The van der Waals surface area contributed by atoms with Crippen LogP contribution < -0.4 is 0 Å². The first-order valence-corrected chi connectivity index (χ1v) is 6.87. The second-order valence-corrected chi connectivity index (χ2v) is 5.99. The van der Waals surface area contributed by atoms with Crippen molar-refractivity contribution in [2.75, 3.05) is 0 Å². The number of hydrogen-bond acceptors (Lipinski definition) is 1. The monoisotopic (exact) mass is 282 g/mol. The zero-order chi connectivity index (χ0) is 11.5. The molecule has 2 rings (SSSR count). The van der Waals surface area contributed by atoms with Gasteiger partial charge >= 0.3 is 0 Å². The average molecular weight is 283 g/mol. The molecule has 16 heavy (non-hydrogen) atoms. The van der Waals surface area contributed by atoms with Crippen LogP contribution in [0.1, 0.15) is 31.7 Å². The van der Waals surface area contributed by atoms with Crippen LogP contribution in [0.3, 0.4) is 0 Å². The molecular formula is C14H19BrO. The van der Waals surface area contributed by atoms with E-state index in [-0.39, 0.29) is 6.10 Å². The molecule has 0 aromatic heterocycles. The minimum atomic E-state index is -0.0974. The number of benzene rings is 1. The van der Waals surface area contributed by atoms with Gasteiger partial charge < -0.3 is 5.11 Å². The topological polar surface area (TPSA) is 20.2 Å². The third-order valence-corrected chi connectivity index (χ3v) is 4.14. The van der Waals surface area contributed by atoms with Crippen LogP contribution >= 0.6 is 15.9 Å². The first-order chi connectivity index (χ1) is 7.65. The standard InChI is InChI=1S/C14H19BrO/c1-10-2-7-14(16)12(8-10)9-11-3-5-13(15)6-4-11/h3-6,10,12,14,16H,2,7-9H2,1H3. The summed E-state index contributed by atoms with van der Waals surface area (Å²) in [7, 11) is 0. The third-order valence-electron chi connectivity index (χ3n) is 3.62. The van der Waals surface area contributed by atoms with Gasteiger partial charge in [-0.3, -0.25) is 0 Å². The number of hydrogen-bond donors (Lipinski definition) is 1. The van der Waals surface area contributed by atoms with Crippen LogP contribution in [0.4, 0.5) is 0 Å². The molecule has 3 unspecified atom stereocenters. The lowest BCUT2D eigenvalue weighted by Gasteiger charge is -2.31. The van der Waals surface area contributed by atoms with Crippen LogP contribution in [0.2, 0.25) is 0 Å². The highest BCUT2D eigenvalue weighted by Gasteiger charge is 2.26. The van der Waals surface area contributed by atoms with Crippen molar-refractivity contribution in [2.24, 2.45) is 11.8 Å². The Morgan fingerprint density at radius 1 is 1.25 bits per heavy atom. The molecule has 0 spiro atoms. The first kappa shape index (κ1) is 12.1. The first-order valence-electron chi connectivity index (χ1n) is 6.07. The SMILES string of the molecule is CC1CCC(O)C(Cc2ccc(Br)cc2)C1. The molecule has 0 heterocycles. The van der Waals surface area contributed by atoms with Gasteiger partial charge in [-0.15, -0.1) is 0 Å². The summed E-state index contributed by atoms with van der Waals surface area (Å²) in [6.45, 7) is 2.29. The number of rotatable bonds is 2. The largest absolute Gasteiger partial charge is 0.393 e. The molecular weight excluding hydrogens is 264 g/mol. The summed E-state index contributed by atoms with van der Waals surface area (Å²) >= 11 is 3.44. The van der Waals surface area contributed by atoms with Crippen molar-refractivity contribution in [3.05, 3.63) is 34.3 Å². The Balaban J connectivity index is 2.00. The maximum absolute atomic E-state index is 9.99. The zero-order valence-corrected chi connectivity index (χ0v) is 11.3. The number of halogens is 1. The molecule has 0 bridgehead atoms. The maximum Gasteiger partial charge on any atom is 0.0571 e. The van der Waals surface area contributed by atoms with Crippen molar-refractivity contribution in [3.63, 3.8) is 0 Å². The Bertz CT molecular complexity index is 333. The fourth-order valence-corrected chi connectivity index (χ4v) is 2.89. The lowest BCUT2D eigenvalue weighted by molar-refractivity contribution is 0.0519. The molecule has 3 atom stereocenters. The van der Waals surface area contributed by atoms with E-state index in [0.717, 1.165) is 29.7 Å². The van der Waals surface area contributed by atoms with Gasteiger partial charge in [0.05, 0.1) is 6.10 Å². The van der Waals surface area contributed by atoms with E-state index in [2.05, 4.69) is 47.1 Å². The van der Waals surface area contributed by atoms with E-state index in [1.165, 1.54) is 12.0 Å². The van der Waals surface area contributed by atoms with Gasteiger partial charge in [0, 0.05) is 4.47 Å². The second kappa shape index (κ2) is 5.33. The lowest BCUT2D eigenvalue weighted by atomic mass is 9.77. The Morgan fingerprint density at radius 3 is 2.62 bits per heavy atom. The van der Waals surface area contributed by atoms with Gasteiger partial charge in [0.1, 0.15) is 0 Å². The fourth-order valence-electron chi connectivity index (χ4n) is 2.63. The Morgan fingerprint density at radius 2 is 1.94 bits per heavy atom. The van der Waals surface area contributed by atoms with Crippen molar-refractivity contribution < 1.29 is 5.11 Å². The van der Waals surface area contributed by atoms with Gasteiger partial charge in [0.25, 0.3) is 0 Å². The molecule has 2 heteroatoms. The summed E-state index contributed by atoms with van der Waals surface area (Å²) in [4.78, 5) is 0. The van der Waals surface area contributed by atoms with E-state index in [0.29, 0.717) is 5.92 Å². The molecule has 0 aliphatic heterocycles. The molecule has 1 fully saturated rings. The third kappa shape index (κ3) is 3.08. The minimum Gasteiger partial charge on any atom is -0.393 e. The van der Waals surface area contributed by atoms with Crippen LogP contribution in [0, 0.1) is 11.8 Å². The molecule has 1 N–H and O–H groups in total. The highest BCUT2D eigenvalue weighted by Crippen LogP contribution is 2.31. The molecule has 0 saturated heterocycles. The highest BCUT2D eigenvalue weighted by atomic mass is 79.9. The minimum absolute atomic E-state index is 0.0974. The maximum atomic E-state index is 9.99. The van der Waals surface area contributed by atoms with Gasteiger partial charge in [-0.05, 0) is 55.2 Å². The zero-order valence-electron chi connectivity index (χ0n) is 9.70. The van der Waals surface area contributed by atoms with E-state index in [1.807, 2.05) is 0 Å². The Hall–Kier alpha value is -0.340. The quantitative estimate of drug-likeness (QED) is 0.875. The predicted octanol–water partition coefficient (Wildman–Crippen LogP) is 3.79. The van der Waals surface area contributed by atoms with Gasteiger partial charge in [0.15, 0.2) is 0 Å². The summed E-state index contributed by atoms with van der Waals surface area (Å²) in [6.07, 6.45) is 4.23. The van der Waals surface area contributed by atoms with Crippen LogP contribution in [0.5, 0.6) is 0 Å². The normalized spacial score (nSPS) is 30.3.